The summed E-state index contributed by atoms with van der Waals surface area (Å²) in [5.41, 5.74) is 1.43. The van der Waals surface area contributed by atoms with Crippen molar-refractivity contribution in [2.75, 3.05) is 19.8 Å². The van der Waals surface area contributed by atoms with E-state index >= 15 is 0 Å². The molecule has 2 aliphatic carbocycles. The zero-order valence-corrected chi connectivity index (χ0v) is 23.9. The summed E-state index contributed by atoms with van der Waals surface area (Å²) in [4.78, 5) is 37.6. The Bertz CT molecular complexity index is 1370. The van der Waals surface area contributed by atoms with Gasteiger partial charge in [-0.25, -0.2) is 24.1 Å². The number of fused-ring (bicyclic) bond motifs is 1. The first-order valence-electron chi connectivity index (χ1n) is 14.5. The molecular weight excluding hydrogens is 524 g/mol. The maximum atomic E-state index is 13.3. The topological polar surface area (TPSA) is 120 Å². The number of alkyl carbamates (subject to hydrolysis) is 1. The molecular formula is C30H38N6O5. The van der Waals surface area contributed by atoms with Crippen molar-refractivity contribution in [1.82, 2.24) is 29.8 Å². The molecule has 6 rings (SSSR count). The number of imidazole rings is 1. The number of hydrogen-bond acceptors (Lipinski definition) is 8. The molecule has 3 heterocycles. The van der Waals surface area contributed by atoms with Crippen LogP contribution < -0.4 is 5.32 Å². The van der Waals surface area contributed by atoms with Gasteiger partial charge in [-0.2, -0.15) is 5.10 Å². The average molecular weight is 563 g/mol. The van der Waals surface area contributed by atoms with E-state index in [4.69, 9.17) is 24.3 Å². The van der Waals surface area contributed by atoms with Gasteiger partial charge in [0.2, 0.25) is 0 Å². The third-order valence-corrected chi connectivity index (χ3v) is 7.87. The van der Waals surface area contributed by atoms with E-state index in [2.05, 4.69) is 10.3 Å². The van der Waals surface area contributed by atoms with Crippen LogP contribution in [0.25, 0.3) is 5.78 Å². The highest BCUT2D eigenvalue weighted by Crippen LogP contribution is 2.54. The quantitative estimate of drug-likeness (QED) is 0.414. The highest BCUT2D eigenvalue weighted by atomic mass is 16.6. The highest BCUT2D eigenvalue weighted by molar-refractivity contribution is 5.69. The van der Waals surface area contributed by atoms with E-state index in [9.17, 15) is 9.59 Å². The molecule has 3 aromatic rings. The van der Waals surface area contributed by atoms with Crippen LogP contribution >= 0.6 is 0 Å². The number of aromatic nitrogens is 4. The predicted octanol–water partition coefficient (Wildman–Crippen LogP) is 4.84. The smallest absolute Gasteiger partial charge is 0.411 e. The molecule has 2 saturated carbocycles. The zero-order chi connectivity index (χ0) is 28.6. The lowest BCUT2D eigenvalue weighted by Crippen LogP contribution is -2.47. The molecule has 0 spiro atoms. The summed E-state index contributed by atoms with van der Waals surface area (Å²) < 4.78 is 18.9. The largest absolute Gasteiger partial charge is 0.445 e. The lowest BCUT2D eigenvalue weighted by molar-refractivity contribution is -0.0346. The first-order valence-corrected chi connectivity index (χ1v) is 14.5. The van der Waals surface area contributed by atoms with Crippen molar-refractivity contribution < 1.29 is 23.8 Å². The minimum absolute atomic E-state index is 0.166. The van der Waals surface area contributed by atoms with Crippen LogP contribution in [0.3, 0.4) is 0 Å². The molecule has 1 N–H and O–H groups in total. The summed E-state index contributed by atoms with van der Waals surface area (Å²) in [6, 6.07) is 8.61. The number of carbonyl (C=O) groups excluding carboxylic acids is 2. The molecule has 3 aliphatic rings. The molecule has 11 nitrogen and oxygen atoms in total. The molecule has 1 aliphatic heterocycles. The van der Waals surface area contributed by atoms with Crippen LogP contribution in [-0.2, 0) is 20.8 Å². The minimum atomic E-state index is -0.656. The number of amides is 2. The Hall–Kier alpha value is -3.73. The maximum Gasteiger partial charge on any atom is 0.411 e. The van der Waals surface area contributed by atoms with E-state index < -0.39 is 29.9 Å². The van der Waals surface area contributed by atoms with Crippen LogP contribution in [0, 0.1) is 17.8 Å². The first kappa shape index (κ1) is 27.4. The normalized spacial score (nSPS) is 20.2. The van der Waals surface area contributed by atoms with Crippen molar-refractivity contribution in [1.29, 1.82) is 0 Å². The average Bonchev–Trinajstić information content (AvgIpc) is 3.90. The Morgan fingerprint density at radius 3 is 2.54 bits per heavy atom. The molecule has 218 valence electrons. The Morgan fingerprint density at radius 1 is 1.12 bits per heavy atom. The Labute approximate surface area is 239 Å². The van der Waals surface area contributed by atoms with Gasteiger partial charge < -0.3 is 19.5 Å². The zero-order valence-electron chi connectivity index (χ0n) is 23.9. The molecule has 1 aromatic carbocycles. The lowest BCUT2D eigenvalue weighted by atomic mass is 9.86. The third kappa shape index (κ3) is 6.45. The Balaban J connectivity index is 1.37. The Morgan fingerprint density at radius 2 is 1.85 bits per heavy atom. The van der Waals surface area contributed by atoms with Gasteiger partial charge in [0.25, 0.3) is 5.78 Å². The predicted molar refractivity (Wildman–Crippen MR) is 149 cm³/mol. The molecule has 1 unspecified atom stereocenters. The van der Waals surface area contributed by atoms with Crippen molar-refractivity contribution in [2.45, 2.75) is 70.7 Å². The highest BCUT2D eigenvalue weighted by Gasteiger charge is 2.49. The SMILES string of the molecule is CC(C)(C)OC(=O)N1CCOCC1c1nc2nccn2nc1[C@@H](NC(=O)OCc1ccccc1)C(C1CC1)C1CC1. The van der Waals surface area contributed by atoms with Crippen LogP contribution in [0.5, 0.6) is 0 Å². The number of nitrogens with zero attached hydrogens (tertiary/aromatic N) is 5. The molecule has 3 fully saturated rings. The second kappa shape index (κ2) is 11.3. The second-order valence-electron chi connectivity index (χ2n) is 12.3. The molecule has 2 atom stereocenters. The van der Waals surface area contributed by atoms with Crippen LogP contribution in [0.2, 0.25) is 0 Å². The summed E-state index contributed by atoms with van der Waals surface area (Å²) in [5.74, 6) is 1.57. The van der Waals surface area contributed by atoms with Crippen molar-refractivity contribution in [3.8, 4) is 0 Å². The van der Waals surface area contributed by atoms with Crippen molar-refractivity contribution in [3.05, 3.63) is 59.7 Å². The lowest BCUT2D eigenvalue weighted by Gasteiger charge is -2.38. The molecule has 41 heavy (non-hydrogen) atoms. The van der Waals surface area contributed by atoms with E-state index in [0.717, 1.165) is 31.2 Å². The van der Waals surface area contributed by atoms with E-state index in [0.29, 0.717) is 42.2 Å². The molecule has 2 amide bonds. The van der Waals surface area contributed by atoms with Crippen LogP contribution in [0.15, 0.2) is 42.7 Å². The van der Waals surface area contributed by atoms with Gasteiger partial charge in [0.1, 0.15) is 23.9 Å². The first-order chi connectivity index (χ1) is 19.8. The number of nitrogens with one attached hydrogen (secondary N) is 1. The fourth-order valence-corrected chi connectivity index (χ4v) is 5.75. The molecule has 11 heteroatoms. The number of morpholine rings is 1. The summed E-state index contributed by atoms with van der Waals surface area (Å²) >= 11 is 0. The van der Waals surface area contributed by atoms with Crippen molar-refractivity contribution >= 4 is 18.0 Å². The summed E-state index contributed by atoms with van der Waals surface area (Å²) in [5, 5.41) is 8.17. The molecule has 2 aromatic heterocycles. The monoisotopic (exact) mass is 562 g/mol. The van der Waals surface area contributed by atoms with E-state index in [1.165, 1.54) is 0 Å². The fraction of sp³-hybridized carbons (Fsp3) is 0.567. The summed E-state index contributed by atoms with van der Waals surface area (Å²) in [6.45, 7) is 6.69. The second-order valence-corrected chi connectivity index (χ2v) is 12.3. The van der Waals surface area contributed by atoms with Gasteiger partial charge in [-0.05, 0) is 69.8 Å². The van der Waals surface area contributed by atoms with Crippen molar-refractivity contribution in [2.24, 2.45) is 17.8 Å². The Kier molecular flexibility index (Phi) is 7.54. The van der Waals surface area contributed by atoms with E-state index in [1.54, 1.807) is 21.8 Å². The van der Waals surface area contributed by atoms with E-state index in [-0.39, 0.29) is 19.1 Å². The maximum absolute atomic E-state index is 13.3. The number of rotatable bonds is 8. The van der Waals surface area contributed by atoms with Gasteiger partial charge in [0.05, 0.1) is 31.1 Å². The van der Waals surface area contributed by atoms with Gasteiger partial charge in [-0.1, -0.05) is 30.3 Å². The van der Waals surface area contributed by atoms with Crippen LogP contribution in [-0.4, -0.2) is 62.0 Å². The van der Waals surface area contributed by atoms with Crippen LogP contribution in [0.1, 0.15) is 75.5 Å². The van der Waals surface area contributed by atoms with Crippen LogP contribution in [0.4, 0.5) is 9.59 Å². The van der Waals surface area contributed by atoms with E-state index in [1.807, 2.05) is 51.1 Å². The van der Waals surface area contributed by atoms with Gasteiger partial charge in [-0.15, -0.1) is 0 Å². The number of hydrogen-bond donors (Lipinski definition) is 1. The molecule has 0 radical (unpaired) electrons. The fourth-order valence-electron chi connectivity index (χ4n) is 5.75. The minimum Gasteiger partial charge on any atom is -0.445 e. The standard InChI is InChI=1S/C30H38N6O5/c1-30(2,3)41-29(38)35-15-16-39-18-22(35)24-26(34-36-14-13-31-27(36)32-24)25(23(20-9-10-20)21-11-12-21)33-28(37)40-17-19-7-5-4-6-8-19/h4-8,13-14,20-23,25H,9-12,15-18H2,1-3H3,(H,33,37)/t22?,25-/m0/s1. The van der Waals surface area contributed by atoms with Gasteiger partial charge >= 0.3 is 12.2 Å². The molecule has 0 bridgehead atoms. The summed E-state index contributed by atoms with van der Waals surface area (Å²) in [6.07, 6.45) is 6.91. The third-order valence-electron chi connectivity index (χ3n) is 7.87. The van der Waals surface area contributed by atoms with Gasteiger partial charge in [0.15, 0.2) is 0 Å². The summed E-state index contributed by atoms with van der Waals surface area (Å²) in [7, 11) is 0. The van der Waals surface area contributed by atoms with Gasteiger partial charge in [-0.3, -0.25) is 4.90 Å². The van der Waals surface area contributed by atoms with Crippen molar-refractivity contribution in [3.63, 3.8) is 0 Å². The number of ether oxygens (including phenoxy) is 3. The van der Waals surface area contributed by atoms with Gasteiger partial charge in [0, 0.05) is 12.7 Å². The number of carbonyl (C=O) groups is 2. The number of benzene rings is 1. The molecule has 1 saturated heterocycles.